The Bertz CT molecular complexity index is 598. The largest absolute Gasteiger partial charge is 0.398 e. The summed E-state index contributed by atoms with van der Waals surface area (Å²) in [4.78, 5) is 14.2. The van der Waals surface area contributed by atoms with Crippen LogP contribution in [0.4, 0.5) is 5.69 Å². The molecule has 1 aromatic rings. The minimum absolute atomic E-state index is 0.152. The van der Waals surface area contributed by atoms with E-state index in [1.54, 1.807) is 7.05 Å². The van der Waals surface area contributed by atoms with E-state index in [1.807, 2.05) is 6.92 Å². The molecule has 1 amide bonds. The third kappa shape index (κ3) is 2.85. The molecule has 0 saturated heterocycles. The minimum atomic E-state index is -1.22. The average Bonchev–Trinajstić information content (AvgIpc) is 2.75. The fourth-order valence-corrected chi connectivity index (χ4v) is 3.66. The predicted molar refractivity (Wildman–Crippen MR) is 94.4 cm³/mol. The molecule has 4 nitrogen and oxygen atoms in total. The number of benzene rings is 1. The van der Waals surface area contributed by atoms with Gasteiger partial charge in [0.25, 0.3) is 5.91 Å². The molecule has 23 heavy (non-hydrogen) atoms. The average molecular weight is 318 g/mol. The van der Waals surface area contributed by atoms with Crippen LogP contribution in [0, 0.1) is 0 Å². The molecular weight excluding hydrogens is 288 g/mol. The van der Waals surface area contributed by atoms with Gasteiger partial charge in [0.1, 0.15) is 0 Å². The number of fused-ring (bicyclic) bond motifs is 1. The van der Waals surface area contributed by atoms with Gasteiger partial charge in [0, 0.05) is 18.3 Å². The van der Waals surface area contributed by atoms with Gasteiger partial charge in [0.15, 0.2) is 5.72 Å². The van der Waals surface area contributed by atoms with Gasteiger partial charge in [0.2, 0.25) is 0 Å². The molecule has 1 aliphatic rings. The van der Waals surface area contributed by atoms with Crippen molar-refractivity contribution in [3.8, 4) is 0 Å². The van der Waals surface area contributed by atoms with Crippen molar-refractivity contribution in [3.63, 3.8) is 0 Å². The van der Waals surface area contributed by atoms with Gasteiger partial charge < -0.3 is 15.7 Å². The smallest absolute Gasteiger partial charge is 0.258 e. The maximum atomic E-state index is 12.7. The number of nitrogens with two attached hydrogens (primary N) is 1. The number of nitrogens with zero attached hydrogens (tertiary/aromatic N) is 1. The highest BCUT2D eigenvalue weighted by Gasteiger charge is 2.48. The molecule has 2 rings (SSSR count). The standard InChI is InChI=1S/C19H30N2O2/c1-5-8-9-10-11-19(23)16-13(6-2)12-14(7-3)17(20)15(16)18(22)21(19)4/h12,23H,5-11,20H2,1-4H3. The van der Waals surface area contributed by atoms with Crippen LogP contribution in [0.2, 0.25) is 0 Å². The lowest BCUT2D eigenvalue weighted by molar-refractivity contribution is -0.0805. The number of aliphatic hydroxyl groups is 1. The lowest BCUT2D eigenvalue weighted by Crippen LogP contribution is -2.41. The molecule has 4 heteroatoms. The highest BCUT2D eigenvalue weighted by molar-refractivity contribution is 6.05. The molecule has 1 unspecified atom stereocenters. The number of anilines is 1. The van der Waals surface area contributed by atoms with Crippen LogP contribution in [0.15, 0.2) is 6.07 Å². The summed E-state index contributed by atoms with van der Waals surface area (Å²) in [5, 5.41) is 11.3. The van der Waals surface area contributed by atoms with Gasteiger partial charge >= 0.3 is 0 Å². The number of nitrogen functional groups attached to an aromatic ring is 1. The fourth-order valence-electron chi connectivity index (χ4n) is 3.66. The molecule has 0 bridgehead atoms. The van der Waals surface area contributed by atoms with E-state index in [-0.39, 0.29) is 5.91 Å². The van der Waals surface area contributed by atoms with Crippen molar-refractivity contribution in [3.05, 3.63) is 28.3 Å². The number of rotatable bonds is 7. The van der Waals surface area contributed by atoms with E-state index in [0.717, 1.165) is 55.2 Å². The zero-order chi connectivity index (χ0) is 17.2. The predicted octanol–water partition coefficient (Wildman–Crippen LogP) is 3.59. The Morgan fingerprint density at radius 2 is 1.78 bits per heavy atom. The summed E-state index contributed by atoms with van der Waals surface area (Å²) in [6.45, 7) is 6.26. The van der Waals surface area contributed by atoms with Crippen LogP contribution >= 0.6 is 0 Å². The Morgan fingerprint density at radius 1 is 1.13 bits per heavy atom. The molecule has 1 aromatic carbocycles. The first-order valence-corrected chi connectivity index (χ1v) is 8.87. The molecule has 0 spiro atoms. The first kappa shape index (κ1) is 17.8. The van der Waals surface area contributed by atoms with E-state index in [2.05, 4.69) is 19.9 Å². The van der Waals surface area contributed by atoms with E-state index in [0.29, 0.717) is 17.7 Å². The summed E-state index contributed by atoms with van der Waals surface area (Å²) in [5.74, 6) is -0.152. The van der Waals surface area contributed by atoms with E-state index in [1.165, 1.54) is 4.90 Å². The Morgan fingerprint density at radius 3 is 2.35 bits per heavy atom. The number of unbranched alkanes of at least 4 members (excludes halogenated alkanes) is 3. The van der Waals surface area contributed by atoms with Crippen LogP contribution in [-0.4, -0.2) is 23.0 Å². The van der Waals surface area contributed by atoms with E-state index < -0.39 is 5.72 Å². The van der Waals surface area contributed by atoms with Gasteiger partial charge in [-0.05, 0) is 36.8 Å². The summed E-state index contributed by atoms with van der Waals surface area (Å²) in [6.07, 6.45) is 6.42. The molecule has 1 atom stereocenters. The summed E-state index contributed by atoms with van der Waals surface area (Å²) in [6, 6.07) is 2.07. The second-order valence-corrected chi connectivity index (χ2v) is 6.56. The monoisotopic (exact) mass is 318 g/mol. The SMILES string of the molecule is CCCCCCC1(O)c2c(CC)cc(CC)c(N)c2C(=O)N1C. The number of amides is 1. The van der Waals surface area contributed by atoms with Gasteiger partial charge in [-0.25, -0.2) is 0 Å². The van der Waals surface area contributed by atoms with Crippen molar-refractivity contribution in [1.82, 2.24) is 4.90 Å². The summed E-state index contributed by atoms with van der Waals surface area (Å²) >= 11 is 0. The van der Waals surface area contributed by atoms with Crippen LogP contribution in [-0.2, 0) is 18.6 Å². The molecule has 1 aliphatic heterocycles. The van der Waals surface area contributed by atoms with Gasteiger partial charge in [-0.2, -0.15) is 0 Å². The second-order valence-electron chi connectivity index (χ2n) is 6.56. The van der Waals surface area contributed by atoms with Crippen LogP contribution in [0.3, 0.4) is 0 Å². The molecule has 0 fully saturated rings. The molecule has 128 valence electrons. The quantitative estimate of drug-likeness (QED) is 0.596. The van der Waals surface area contributed by atoms with Gasteiger partial charge in [0.05, 0.1) is 5.56 Å². The zero-order valence-corrected chi connectivity index (χ0v) is 14.9. The number of carbonyl (C=O) groups is 1. The maximum absolute atomic E-state index is 12.7. The summed E-state index contributed by atoms with van der Waals surface area (Å²) in [5.41, 5.74) is 8.91. The third-order valence-electron chi connectivity index (χ3n) is 5.15. The Kier molecular flexibility index (Phi) is 5.35. The lowest BCUT2D eigenvalue weighted by Gasteiger charge is -2.33. The van der Waals surface area contributed by atoms with Crippen molar-refractivity contribution in [2.45, 2.75) is 71.4 Å². The van der Waals surface area contributed by atoms with Crippen molar-refractivity contribution in [2.75, 3.05) is 12.8 Å². The van der Waals surface area contributed by atoms with E-state index >= 15 is 0 Å². The number of hydrogen-bond donors (Lipinski definition) is 2. The van der Waals surface area contributed by atoms with Crippen LogP contribution in [0.1, 0.15) is 79.9 Å². The second kappa shape index (κ2) is 6.91. The zero-order valence-electron chi connectivity index (χ0n) is 14.9. The van der Waals surface area contributed by atoms with Crippen molar-refractivity contribution in [2.24, 2.45) is 0 Å². The normalized spacial score (nSPS) is 20.2. The number of hydrogen-bond acceptors (Lipinski definition) is 3. The molecule has 3 N–H and O–H groups in total. The molecule has 1 heterocycles. The van der Waals surface area contributed by atoms with Crippen molar-refractivity contribution < 1.29 is 9.90 Å². The molecule has 0 saturated carbocycles. The number of aryl methyl sites for hydroxylation is 2. The van der Waals surface area contributed by atoms with Crippen molar-refractivity contribution >= 4 is 11.6 Å². The van der Waals surface area contributed by atoms with Crippen LogP contribution in [0.5, 0.6) is 0 Å². The molecule has 0 aliphatic carbocycles. The first-order valence-electron chi connectivity index (χ1n) is 8.87. The van der Waals surface area contributed by atoms with Gasteiger partial charge in [-0.15, -0.1) is 0 Å². The lowest BCUT2D eigenvalue weighted by atomic mass is 9.87. The Balaban J connectivity index is 2.50. The number of carbonyl (C=O) groups excluding carboxylic acids is 1. The molecular formula is C19H30N2O2. The van der Waals surface area contributed by atoms with Crippen LogP contribution in [0.25, 0.3) is 0 Å². The van der Waals surface area contributed by atoms with Gasteiger partial charge in [-0.3, -0.25) is 4.79 Å². The third-order valence-corrected chi connectivity index (χ3v) is 5.15. The highest BCUT2D eigenvalue weighted by atomic mass is 16.3. The Hall–Kier alpha value is -1.55. The van der Waals surface area contributed by atoms with E-state index in [9.17, 15) is 9.90 Å². The van der Waals surface area contributed by atoms with Gasteiger partial charge in [-0.1, -0.05) is 46.1 Å². The highest BCUT2D eigenvalue weighted by Crippen LogP contribution is 2.45. The topological polar surface area (TPSA) is 66.6 Å². The minimum Gasteiger partial charge on any atom is -0.398 e. The fraction of sp³-hybridized carbons (Fsp3) is 0.632. The van der Waals surface area contributed by atoms with Crippen LogP contribution < -0.4 is 5.73 Å². The van der Waals surface area contributed by atoms with Crippen molar-refractivity contribution in [1.29, 1.82) is 0 Å². The maximum Gasteiger partial charge on any atom is 0.258 e. The first-order chi connectivity index (χ1) is 10.9. The Labute approximate surface area is 139 Å². The molecule has 0 radical (unpaired) electrons. The molecule has 0 aromatic heterocycles. The summed E-state index contributed by atoms with van der Waals surface area (Å²) in [7, 11) is 1.69. The summed E-state index contributed by atoms with van der Waals surface area (Å²) < 4.78 is 0. The van der Waals surface area contributed by atoms with E-state index in [4.69, 9.17) is 5.73 Å².